The van der Waals surface area contributed by atoms with Crippen molar-refractivity contribution in [2.24, 2.45) is 5.92 Å². The van der Waals surface area contributed by atoms with Crippen LogP contribution in [0.1, 0.15) is 30.0 Å². The fourth-order valence-electron chi connectivity index (χ4n) is 1.03. The van der Waals surface area contributed by atoms with Gasteiger partial charge in [0, 0.05) is 9.70 Å². The van der Waals surface area contributed by atoms with E-state index in [1.54, 1.807) is 0 Å². The highest BCUT2D eigenvalue weighted by atomic mass is 79.9. The quantitative estimate of drug-likeness (QED) is 0.690. The Kier molecular flexibility index (Phi) is 4.27. The second kappa shape index (κ2) is 4.77. The maximum absolute atomic E-state index is 3.69. The summed E-state index contributed by atoms with van der Waals surface area (Å²) in [7, 11) is 0. The zero-order valence-electron chi connectivity index (χ0n) is 7.18. The molecule has 1 heterocycles. The molecule has 68 valence electrons. The number of halogens is 2. The van der Waals surface area contributed by atoms with E-state index in [1.807, 2.05) is 11.3 Å². The molecule has 0 fully saturated rings. The van der Waals surface area contributed by atoms with Crippen molar-refractivity contribution in [3.05, 3.63) is 20.8 Å². The standard InChI is InChI=1S/C9H12Br2S/c1-6(2)5-7(10)8-3-4-9(11)12-8/h3-4,6-7H,5H2,1-2H3. The van der Waals surface area contributed by atoms with E-state index in [2.05, 4.69) is 57.8 Å². The summed E-state index contributed by atoms with van der Waals surface area (Å²) in [4.78, 5) is 1.93. The van der Waals surface area contributed by atoms with Crippen molar-refractivity contribution in [3.63, 3.8) is 0 Å². The average molecular weight is 312 g/mol. The molecule has 0 aliphatic carbocycles. The molecule has 1 rings (SSSR count). The molecule has 0 saturated heterocycles. The highest BCUT2D eigenvalue weighted by Crippen LogP contribution is 2.35. The van der Waals surface area contributed by atoms with E-state index in [1.165, 1.54) is 15.1 Å². The van der Waals surface area contributed by atoms with Gasteiger partial charge < -0.3 is 0 Å². The second-order valence-electron chi connectivity index (χ2n) is 3.24. The lowest BCUT2D eigenvalue weighted by Crippen LogP contribution is -1.92. The molecule has 0 radical (unpaired) electrons. The zero-order valence-corrected chi connectivity index (χ0v) is 11.2. The van der Waals surface area contributed by atoms with Gasteiger partial charge in [0.2, 0.25) is 0 Å². The molecule has 3 heteroatoms. The zero-order chi connectivity index (χ0) is 9.14. The Hall–Kier alpha value is 0.660. The fraction of sp³-hybridized carbons (Fsp3) is 0.556. The molecule has 12 heavy (non-hydrogen) atoms. The third-order valence-corrected chi connectivity index (χ3v) is 4.49. The van der Waals surface area contributed by atoms with E-state index in [-0.39, 0.29) is 0 Å². The minimum Gasteiger partial charge on any atom is -0.132 e. The summed E-state index contributed by atoms with van der Waals surface area (Å²) >= 11 is 8.96. The molecule has 1 unspecified atom stereocenters. The van der Waals surface area contributed by atoms with Gasteiger partial charge >= 0.3 is 0 Å². The predicted octanol–water partition coefficient (Wildman–Crippen LogP) is 4.99. The summed E-state index contributed by atoms with van der Waals surface area (Å²) in [6.45, 7) is 4.49. The van der Waals surface area contributed by atoms with Crippen LogP contribution in [0.5, 0.6) is 0 Å². The van der Waals surface area contributed by atoms with Gasteiger partial charge in [-0.2, -0.15) is 0 Å². The van der Waals surface area contributed by atoms with E-state index in [0.29, 0.717) is 4.83 Å². The van der Waals surface area contributed by atoms with Gasteiger partial charge in [-0.25, -0.2) is 0 Å². The van der Waals surface area contributed by atoms with E-state index >= 15 is 0 Å². The second-order valence-corrected chi connectivity index (χ2v) is 6.84. The number of hydrogen-bond donors (Lipinski definition) is 0. The van der Waals surface area contributed by atoms with Crippen molar-refractivity contribution in [3.8, 4) is 0 Å². The topological polar surface area (TPSA) is 0 Å². The molecular weight excluding hydrogens is 300 g/mol. The van der Waals surface area contributed by atoms with Gasteiger partial charge in [0.1, 0.15) is 0 Å². The first-order valence-corrected chi connectivity index (χ1v) is 6.51. The van der Waals surface area contributed by atoms with E-state index in [0.717, 1.165) is 5.92 Å². The van der Waals surface area contributed by atoms with Gasteiger partial charge in [-0.3, -0.25) is 0 Å². The summed E-state index contributed by atoms with van der Waals surface area (Å²) in [5, 5.41) is 0. The molecule has 0 spiro atoms. The third kappa shape index (κ3) is 3.19. The molecule has 1 atom stereocenters. The van der Waals surface area contributed by atoms with Crippen molar-refractivity contribution in [1.82, 2.24) is 0 Å². The van der Waals surface area contributed by atoms with Crippen LogP contribution in [-0.4, -0.2) is 0 Å². The Labute approximate surface area is 94.6 Å². The number of alkyl halides is 1. The SMILES string of the molecule is CC(C)CC(Br)c1ccc(Br)s1. The van der Waals surface area contributed by atoms with Crippen molar-refractivity contribution in [2.75, 3.05) is 0 Å². The maximum Gasteiger partial charge on any atom is 0.0701 e. The van der Waals surface area contributed by atoms with Gasteiger partial charge in [-0.15, -0.1) is 11.3 Å². The molecular formula is C9H12Br2S. The summed E-state index contributed by atoms with van der Waals surface area (Å²) in [6.07, 6.45) is 1.20. The molecule has 0 aromatic carbocycles. The van der Waals surface area contributed by atoms with Gasteiger partial charge in [0.05, 0.1) is 3.79 Å². The van der Waals surface area contributed by atoms with Gasteiger partial charge in [-0.1, -0.05) is 29.8 Å². The monoisotopic (exact) mass is 310 g/mol. The van der Waals surface area contributed by atoms with Gasteiger partial charge in [-0.05, 0) is 40.4 Å². The minimum absolute atomic E-state index is 0.522. The van der Waals surface area contributed by atoms with Crippen LogP contribution in [-0.2, 0) is 0 Å². The Balaban J connectivity index is 2.58. The molecule has 0 bridgehead atoms. The van der Waals surface area contributed by atoms with E-state index in [4.69, 9.17) is 0 Å². The molecule has 0 aliphatic rings. The van der Waals surface area contributed by atoms with E-state index in [9.17, 15) is 0 Å². The Morgan fingerprint density at radius 2 is 2.08 bits per heavy atom. The summed E-state index contributed by atoms with van der Waals surface area (Å²) in [5.74, 6) is 0.746. The Morgan fingerprint density at radius 1 is 1.42 bits per heavy atom. The number of rotatable bonds is 3. The molecule has 1 aromatic rings. The first-order chi connectivity index (χ1) is 5.59. The van der Waals surface area contributed by atoms with Crippen LogP contribution in [0, 0.1) is 5.92 Å². The first-order valence-electron chi connectivity index (χ1n) is 3.99. The normalized spacial score (nSPS) is 13.8. The van der Waals surface area contributed by atoms with Crippen molar-refractivity contribution in [1.29, 1.82) is 0 Å². The highest BCUT2D eigenvalue weighted by Gasteiger charge is 2.11. The van der Waals surface area contributed by atoms with Crippen LogP contribution in [0.4, 0.5) is 0 Å². The Morgan fingerprint density at radius 3 is 2.50 bits per heavy atom. The van der Waals surface area contributed by atoms with Gasteiger partial charge in [0.25, 0.3) is 0 Å². The molecule has 0 nitrogen and oxygen atoms in total. The maximum atomic E-state index is 3.69. The van der Waals surface area contributed by atoms with Crippen LogP contribution in [0.25, 0.3) is 0 Å². The molecule has 0 amide bonds. The predicted molar refractivity (Wildman–Crippen MR) is 63.1 cm³/mol. The molecule has 0 N–H and O–H groups in total. The van der Waals surface area contributed by atoms with Crippen LogP contribution in [0.2, 0.25) is 0 Å². The third-order valence-electron chi connectivity index (χ3n) is 1.58. The lowest BCUT2D eigenvalue weighted by molar-refractivity contribution is 0.587. The van der Waals surface area contributed by atoms with Crippen LogP contribution < -0.4 is 0 Å². The highest BCUT2D eigenvalue weighted by molar-refractivity contribution is 9.11. The van der Waals surface area contributed by atoms with E-state index < -0.39 is 0 Å². The summed E-state index contributed by atoms with van der Waals surface area (Å²) < 4.78 is 1.21. The summed E-state index contributed by atoms with van der Waals surface area (Å²) in [5.41, 5.74) is 0. The Bertz CT molecular complexity index is 242. The molecule has 0 aliphatic heterocycles. The van der Waals surface area contributed by atoms with Crippen molar-refractivity contribution >= 4 is 43.2 Å². The first kappa shape index (κ1) is 10.7. The van der Waals surface area contributed by atoms with Crippen molar-refractivity contribution in [2.45, 2.75) is 25.1 Å². The van der Waals surface area contributed by atoms with Crippen LogP contribution in [0.15, 0.2) is 15.9 Å². The molecule has 0 saturated carbocycles. The minimum atomic E-state index is 0.522. The fourth-order valence-corrected chi connectivity index (χ4v) is 3.62. The molecule has 1 aromatic heterocycles. The average Bonchev–Trinajstić information content (AvgIpc) is 2.34. The lowest BCUT2D eigenvalue weighted by atomic mass is 10.1. The van der Waals surface area contributed by atoms with Crippen LogP contribution in [0.3, 0.4) is 0 Å². The summed E-state index contributed by atoms with van der Waals surface area (Å²) in [6, 6.07) is 4.28. The number of hydrogen-bond acceptors (Lipinski definition) is 1. The van der Waals surface area contributed by atoms with Crippen molar-refractivity contribution < 1.29 is 0 Å². The number of thiophene rings is 1. The van der Waals surface area contributed by atoms with Crippen LogP contribution >= 0.6 is 43.2 Å². The smallest absolute Gasteiger partial charge is 0.0701 e. The lowest BCUT2D eigenvalue weighted by Gasteiger charge is -2.09. The largest absolute Gasteiger partial charge is 0.132 e. The van der Waals surface area contributed by atoms with Gasteiger partial charge in [0.15, 0.2) is 0 Å².